The van der Waals surface area contributed by atoms with Crippen molar-refractivity contribution in [3.05, 3.63) is 89.8 Å². The predicted octanol–water partition coefficient (Wildman–Crippen LogP) is 7.69. The third-order valence-corrected chi connectivity index (χ3v) is 6.50. The Morgan fingerprint density at radius 3 is 2.26 bits per heavy atom. The van der Waals surface area contributed by atoms with E-state index in [4.69, 9.17) is 9.47 Å². The summed E-state index contributed by atoms with van der Waals surface area (Å²) in [6.45, 7) is 5.86. The molecule has 3 nitrogen and oxygen atoms in total. The first-order valence-corrected chi connectivity index (χ1v) is 11.8. The average molecular weight is 481 g/mol. The summed E-state index contributed by atoms with van der Waals surface area (Å²) in [5.41, 5.74) is 2.32. The van der Waals surface area contributed by atoms with Crippen molar-refractivity contribution in [3.63, 3.8) is 0 Å². The van der Waals surface area contributed by atoms with Crippen molar-refractivity contribution in [2.24, 2.45) is 5.92 Å². The van der Waals surface area contributed by atoms with Crippen LogP contribution in [-0.4, -0.2) is 12.6 Å². The Morgan fingerprint density at radius 1 is 0.943 bits per heavy atom. The van der Waals surface area contributed by atoms with Crippen LogP contribution in [0.5, 0.6) is 11.5 Å². The predicted molar refractivity (Wildman–Crippen MR) is 130 cm³/mol. The average Bonchev–Trinajstić information content (AvgIpc) is 2.88. The lowest BCUT2D eigenvalue weighted by Gasteiger charge is -2.27. The molecule has 35 heavy (non-hydrogen) atoms. The Balaban J connectivity index is 1.39. The van der Waals surface area contributed by atoms with Crippen molar-refractivity contribution < 1.29 is 27.4 Å². The van der Waals surface area contributed by atoms with Gasteiger partial charge in [0.05, 0.1) is 12.5 Å². The first-order chi connectivity index (χ1) is 16.9. The summed E-state index contributed by atoms with van der Waals surface area (Å²) in [6.07, 6.45) is 4.05. The number of halogens is 3. The van der Waals surface area contributed by atoms with Crippen LogP contribution in [0.4, 0.5) is 13.2 Å². The molecule has 0 unspecified atom stereocenters. The third-order valence-electron chi connectivity index (χ3n) is 6.50. The highest BCUT2D eigenvalue weighted by molar-refractivity contribution is 5.76. The summed E-state index contributed by atoms with van der Waals surface area (Å²) in [6, 6.07) is 14.5. The molecule has 1 aliphatic carbocycles. The molecule has 0 bridgehead atoms. The molecule has 4 rings (SSSR count). The lowest BCUT2D eigenvalue weighted by atomic mass is 9.78. The molecule has 3 aromatic rings. The van der Waals surface area contributed by atoms with E-state index in [1.165, 1.54) is 18.2 Å². The van der Waals surface area contributed by atoms with Gasteiger partial charge in [0.1, 0.15) is 0 Å². The zero-order valence-corrected chi connectivity index (χ0v) is 19.5. The van der Waals surface area contributed by atoms with Gasteiger partial charge >= 0.3 is 5.97 Å². The van der Waals surface area contributed by atoms with E-state index in [9.17, 15) is 18.0 Å². The van der Waals surface area contributed by atoms with Gasteiger partial charge in [0.2, 0.25) is 5.82 Å². The molecule has 0 atom stereocenters. The molecular formula is C29H27F3O3. The lowest BCUT2D eigenvalue weighted by molar-refractivity contribution is -0.140. The zero-order valence-electron chi connectivity index (χ0n) is 19.5. The Kier molecular flexibility index (Phi) is 7.59. The van der Waals surface area contributed by atoms with Crippen LogP contribution in [0, 0.1) is 23.4 Å². The van der Waals surface area contributed by atoms with Crippen LogP contribution in [0.25, 0.3) is 17.2 Å². The molecule has 1 aliphatic rings. The summed E-state index contributed by atoms with van der Waals surface area (Å²) in [7, 11) is 0. The Bertz CT molecular complexity index is 1210. The van der Waals surface area contributed by atoms with Gasteiger partial charge in [-0.1, -0.05) is 43.0 Å². The molecule has 0 saturated heterocycles. The standard InChI is InChI=1S/C29H27F3O3/c1-3-18-5-7-20(8-6-18)23-14-16-26(28(32)27(23)31)35-29(33)21-11-9-19(10-12-21)22-13-15-25(34-4-2)24(30)17-22/h3,5-8,13-17,19,21H,1,4,9-12H2,2H3. The molecule has 0 amide bonds. The molecule has 0 aliphatic heterocycles. The van der Waals surface area contributed by atoms with Gasteiger partial charge in [-0.05, 0) is 79.5 Å². The van der Waals surface area contributed by atoms with Crippen molar-refractivity contribution in [1.29, 1.82) is 0 Å². The largest absolute Gasteiger partial charge is 0.491 e. The SMILES string of the molecule is C=Cc1ccc(-c2ccc(OC(=O)C3CCC(c4ccc(OCC)c(F)c4)CC3)c(F)c2F)cc1. The second-order valence-corrected chi connectivity index (χ2v) is 8.66. The molecular weight excluding hydrogens is 453 g/mol. The Hall–Kier alpha value is -3.54. The quantitative estimate of drug-likeness (QED) is 0.257. The number of carbonyl (C=O) groups excluding carboxylic acids is 1. The van der Waals surface area contributed by atoms with Gasteiger partial charge in [0.15, 0.2) is 23.1 Å². The minimum Gasteiger partial charge on any atom is -0.491 e. The van der Waals surface area contributed by atoms with Gasteiger partial charge in [-0.3, -0.25) is 4.79 Å². The van der Waals surface area contributed by atoms with E-state index in [-0.39, 0.29) is 17.2 Å². The van der Waals surface area contributed by atoms with E-state index < -0.39 is 35.1 Å². The second kappa shape index (κ2) is 10.8. The normalized spacial score (nSPS) is 17.6. The van der Waals surface area contributed by atoms with Gasteiger partial charge in [0, 0.05) is 5.56 Å². The van der Waals surface area contributed by atoms with Crippen molar-refractivity contribution in [2.45, 2.75) is 38.5 Å². The molecule has 1 fully saturated rings. The number of rotatable bonds is 7. The summed E-state index contributed by atoms with van der Waals surface area (Å²) in [5.74, 6) is -3.74. The van der Waals surface area contributed by atoms with E-state index in [0.717, 1.165) is 11.1 Å². The fourth-order valence-electron chi connectivity index (χ4n) is 4.53. The fraction of sp³-hybridized carbons (Fsp3) is 0.276. The minimum atomic E-state index is -1.19. The van der Waals surface area contributed by atoms with E-state index >= 15 is 0 Å². The van der Waals surface area contributed by atoms with Gasteiger partial charge < -0.3 is 9.47 Å². The number of ether oxygens (including phenoxy) is 2. The maximum absolute atomic E-state index is 14.7. The van der Waals surface area contributed by atoms with E-state index in [0.29, 0.717) is 37.9 Å². The van der Waals surface area contributed by atoms with Crippen molar-refractivity contribution >= 4 is 12.0 Å². The van der Waals surface area contributed by atoms with E-state index in [1.807, 2.05) is 6.07 Å². The highest BCUT2D eigenvalue weighted by atomic mass is 19.2. The highest BCUT2D eigenvalue weighted by Gasteiger charge is 2.30. The van der Waals surface area contributed by atoms with E-state index in [2.05, 4.69) is 6.58 Å². The molecule has 0 heterocycles. The van der Waals surface area contributed by atoms with Gasteiger partial charge in [-0.2, -0.15) is 4.39 Å². The van der Waals surface area contributed by atoms with Gasteiger partial charge in [-0.25, -0.2) is 8.78 Å². The third kappa shape index (κ3) is 5.42. The molecule has 0 N–H and O–H groups in total. The summed E-state index contributed by atoms with van der Waals surface area (Å²) in [4.78, 5) is 12.7. The van der Waals surface area contributed by atoms with Crippen LogP contribution >= 0.6 is 0 Å². The number of hydrogen-bond donors (Lipinski definition) is 0. The molecule has 0 spiro atoms. The number of esters is 1. The molecule has 0 aromatic heterocycles. The summed E-state index contributed by atoms with van der Waals surface area (Å²) >= 11 is 0. The maximum atomic E-state index is 14.7. The fourth-order valence-corrected chi connectivity index (χ4v) is 4.53. The van der Waals surface area contributed by atoms with Crippen molar-refractivity contribution in [2.75, 3.05) is 6.61 Å². The van der Waals surface area contributed by atoms with Gasteiger partial charge in [-0.15, -0.1) is 0 Å². The van der Waals surface area contributed by atoms with Crippen molar-refractivity contribution in [3.8, 4) is 22.6 Å². The number of carbonyl (C=O) groups is 1. The smallest absolute Gasteiger partial charge is 0.314 e. The number of benzene rings is 3. The summed E-state index contributed by atoms with van der Waals surface area (Å²) < 4.78 is 54.2. The Morgan fingerprint density at radius 2 is 1.63 bits per heavy atom. The monoisotopic (exact) mass is 480 g/mol. The molecule has 1 saturated carbocycles. The summed E-state index contributed by atoms with van der Waals surface area (Å²) in [5, 5.41) is 0. The lowest BCUT2D eigenvalue weighted by Crippen LogP contribution is -2.25. The van der Waals surface area contributed by atoms with E-state index in [1.54, 1.807) is 43.3 Å². The topological polar surface area (TPSA) is 35.5 Å². The van der Waals surface area contributed by atoms with Crippen LogP contribution < -0.4 is 9.47 Å². The molecule has 182 valence electrons. The molecule has 6 heteroatoms. The van der Waals surface area contributed by atoms with Gasteiger partial charge in [0.25, 0.3) is 0 Å². The first-order valence-electron chi connectivity index (χ1n) is 11.8. The highest BCUT2D eigenvalue weighted by Crippen LogP contribution is 2.38. The van der Waals surface area contributed by atoms with Crippen LogP contribution in [0.1, 0.15) is 49.7 Å². The van der Waals surface area contributed by atoms with Crippen LogP contribution in [0.2, 0.25) is 0 Å². The minimum absolute atomic E-state index is 0.0843. The van der Waals surface area contributed by atoms with Crippen LogP contribution in [0.15, 0.2) is 61.2 Å². The first kappa shape index (κ1) is 24.6. The maximum Gasteiger partial charge on any atom is 0.314 e. The Labute approximate surface area is 203 Å². The van der Waals surface area contributed by atoms with Crippen LogP contribution in [-0.2, 0) is 4.79 Å². The van der Waals surface area contributed by atoms with Crippen LogP contribution in [0.3, 0.4) is 0 Å². The zero-order chi connectivity index (χ0) is 24.9. The molecule has 3 aromatic carbocycles. The number of hydrogen-bond acceptors (Lipinski definition) is 3. The molecule has 0 radical (unpaired) electrons. The second-order valence-electron chi connectivity index (χ2n) is 8.66. The van der Waals surface area contributed by atoms with Crippen molar-refractivity contribution in [1.82, 2.24) is 0 Å².